The number of nitriles is 1. The van der Waals surface area contributed by atoms with Crippen molar-refractivity contribution >= 4 is 34.9 Å². The highest BCUT2D eigenvalue weighted by Gasteiger charge is 2.62. The Morgan fingerprint density at radius 3 is 2.77 bits per heavy atom. The maximum atomic E-state index is 13.7. The Kier molecular flexibility index (Phi) is 3.91. The smallest absolute Gasteiger partial charge is 0.338 e. The molecule has 3 aliphatic heterocycles. The number of nitrogens with two attached hydrogens (primary N) is 1. The summed E-state index contributed by atoms with van der Waals surface area (Å²) in [6, 6.07) is 11.2. The van der Waals surface area contributed by atoms with E-state index in [2.05, 4.69) is 5.32 Å². The third-order valence-corrected chi connectivity index (χ3v) is 6.08. The average Bonchev–Trinajstić information content (AvgIpc) is 3.24. The lowest BCUT2D eigenvalue weighted by Gasteiger charge is -2.38. The molecule has 1 atom stereocenters. The van der Waals surface area contributed by atoms with Crippen molar-refractivity contribution in [3.63, 3.8) is 0 Å². The van der Waals surface area contributed by atoms with Gasteiger partial charge in [0, 0.05) is 16.9 Å². The predicted octanol–water partition coefficient (Wildman–Crippen LogP) is 3.00. The van der Waals surface area contributed by atoms with Crippen molar-refractivity contribution in [2.75, 3.05) is 16.8 Å². The minimum Gasteiger partial charge on any atom is -0.456 e. The molecule has 5 rings (SSSR count). The molecule has 1 unspecified atom stereocenters. The van der Waals surface area contributed by atoms with Gasteiger partial charge in [-0.1, -0.05) is 29.3 Å². The van der Waals surface area contributed by atoms with Crippen LogP contribution in [0, 0.1) is 24.1 Å². The number of anilines is 2. The van der Waals surface area contributed by atoms with Crippen molar-refractivity contribution in [3.8, 4) is 6.07 Å². The van der Waals surface area contributed by atoms with Gasteiger partial charge in [0.2, 0.25) is 5.91 Å². The summed E-state index contributed by atoms with van der Waals surface area (Å²) in [6.45, 7) is 1.67. The van der Waals surface area contributed by atoms with Gasteiger partial charge >= 0.3 is 5.97 Å². The lowest BCUT2D eigenvalue weighted by atomic mass is 9.67. The first-order valence-electron chi connectivity index (χ1n) is 9.29. The summed E-state index contributed by atoms with van der Waals surface area (Å²) in [5, 5.41) is 12.7. The van der Waals surface area contributed by atoms with E-state index in [1.54, 1.807) is 12.1 Å². The number of aryl methyl sites for hydroxylation is 1. The number of amides is 1. The van der Waals surface area contributed by atoms with Crippen molar-refractivity contribution in [2.24, 2.45) is 5.73 Å². The Labute approximate surface area is 181 Å². The average molecular weight is 437 g/mol. The molecule has 0 aliphatic carbocycles. The van der Waals surface area contributed by atoms with Crippen LogP contribution in [0.3, 0.4) is 0 Å². The van der Waals surface area contributed by atoms with E-state index < -0.39 is 23.1 Å². The maximum absolute atomic E-state index is 13.7. The zero-order chi connectivity index (χ0) is 22.1. The number of benzene rings is 2. The van der Waals surface area contributed by atoms with Crippen LogP contribution in [0.15, 0.2) is 59.1 Å². The number of nitrogens with zero attached hydrogens (tertiary/aromatic N) is 2. The van der Waals surface area contributed by atoms with Crippen molar-refractivity contribution in [2.45, 2.75) is 12.3 Å². The standard InChI is InChI=1S/C22H14ClFN4O3/c1-10-2-5-16-12(6-10)22(21(30)27-16)13(8-25)19(26)28(17-9-31-20(29)18(17)22)11-3-4-15(24)14(23)7-11/h2-7H,9,26H2,1H3,(H,27,30). The number of carbonyl (C=O) groups excluding carboxylic acids is 2. The van der Waals surface area contributed by atoms with Crippen molar-refractivity contribution in [1.82, 2.24) is 0 Å². The summed E-state index contributed by atoms with van der Waals surface area (Å²) in [5.41, 5.74) is 7.01. The van der Waals surface area contributed by atoms with Crippen LogP contribution in [-0.4, -0.2) is 18.5 Å². The Morgan fingerprint density at radius 2 is 2.06 bits per heavy atom. The van der Waals surface area contributed by atoms with Gasteiger partial charge in [-0.25, -0.2) is 9.18 Å². The van der Waals surface area contributed by atoms with E-state index >= 15 is 0 Å². The van der Waals surface area contributed by atoms with Crippen LogP contribution in [0.1, 0.15) is 11.1 Å². The predicted molar refractivity (Wildman–Crippen MR) is 110 cm³/mol. The van der Waals surface area contributed by atoms with Crippen LogP contribution >= 0.6 is 11.6 Å². The van der Waals surface area contributed by atoms with E-state index in [0.717, 1.165) is 11.6 Å². The number of halogens is 2. The van der Waals surface area contributed by atoms with Crippen LogP contribution in [0.25, 0.3) is 0 Å². The number of hydrogen-bond donors (Lipinski definition) is 2. The fourth-order valence-corrected chi connectivity index (χ4v) is 4.66. The molecule has 0 aromatic heterocycles. The highest BCUT2D eigenvalue weighted by Crippen LogP contribution is 2.54. The zero-order valence-electron chi connectivity index (χ0n) is 16.1. The summed E-state index contributed by atoms with van der Waals surface area (Å²) in [5.74, 6) is -1.98. The molecule has 0 fully saturated rings. The largest absolute Gasteiger partial charge is 0.456 e. The van der Waals surface area contributed by atoms with E-state index in [4.69, 9.17) is 22.1 Å². The van der Waals surface area contributed by atoms with Crippen molar-refractivity contribution in [3.05, 3.63) is 81.0 Å². The zero-order valence-corrected chi connectivity index (χ0v) is 16.9. The Balaban J connectivity index is 1.86. The molecule has 7 nitrogen and oxygen atoms in total. The molecule has 0 saturated heterocycles. The van der Waals surface area contributed by atoms with Gasteiger partial charge in [-0.2, -0.15) is 5.26 Å². The number of nitrogens with one attached hydrogen (secondary N) is 1. The van der Waals surface area contributed by atoms with Crippen LogP contribution in [0.5, 0.6) is 0 Å². The first-order valence-corrected chi connectivity index (χ1v) is 9.67. The molecule has 9 heteroatoms. The Hall–Kier alpha value is -3.83. The quantitative estimate of drug-likeness (QED) is 0.665. The van der Waals surface area contributed by atoms with Crippen LogP contribution < -0.4 is 16.0 Å². The van der Waals surface area contributed by atoms with E-state index in [0.29, 0.717) is 22.6 Å². The minimum atomic E-state index is -1.73. The van der Waals surface area contributed by atoms with Gasteiger partial charge in [0.05, 0.1) is 21.9 Å². The second-order valence-corrected chi connectivity index (χ2v) is 7.86. The van der Waals surface area contributed by atoms with E-state index in [-0.39, 0.29) is 28.6 Å². The second-order valence-electron chi connectivity index (χ2n) is 7.46. The SMILES string of the molecule is Cc1ccc2c(c1)C1(C(=O)N2)C(C#N)=C(N)N(c2ccc(F)c(Cl)c2)C2=C1C(=O)OC2. The Morgan fingerprint density at radius 1 is 1.29 bits per heavy atom. The first kappa shape index (κ1) is 19.2. The summed E-state index contributed by atoms with van der Waals surface area (Å²) in [6.07, 6.45) is 0. The third-order valence-electron chi connectivity index (χ3n) is 5.79. The molecule has 0 saturated carbocycles. The molecule has 0 bridgehead atoms. The van der Waals surface area contributed by atoms with Gasteiger partial charge in [-0.15, -0.1) is 0 Å². The summed E-state index contributed by atoms with van der Waals surface area (Å²) < 4.78 is 19.0. The highest BCUT2D eigenvalue weighted by atomic mass is 35.5. The number of hydrogen-bond acceptors (Lipinski definition) is 6. The molecule has 31 heavy (non-hydrogen) atoms. The first-order chi connectivity index (χ1) is 14.8. The second kappa shape index (κ2) is 6.33. The number of cyclic esters (lactones) is 1. The molecular formula is C22H14ClFN4O3. The maximum Gasteiger partial charge on any atom is 0.338 e. The van der Waals surface area contributed by atoms with Gasteiger partial charge in [-0.05, 0) is 31.2 Å². The fraction of sp³-hybridized carbons (Fsp3) is 0.136. The number of fused-ring (bicyclic) bond motifs is 3. The number of carbonyl (C=O) groups is 2. The Bertz CT molecular complexity index is 1330. The molecule has 0 radical (unpaired) electrons. The summed E-state index contributed by atoms with van der Waals surface area (Å²) >= 11 is 5.95. The lowest BCUT2D eigenvalue weighted by molar-refractivity contribution is -0.137. The van der Waals surface area contributed by atoms with Crippen LogP contribution in [0.2, 0.25) is 5.02 Å². The van der Waals surface area contributed by atoms with Gasteiger partial charge < -0.3 is 15.8 Å². The molecule has 3 heterocycles. The van der Waals surface area contributed by atoms with Crippen molar-refractivity contribution in [1.29, 1.82) is 5.26 Å². The normalized spacial score (nSPS) is 21.8. The van der Waals surface area contributed by atoms with Crippen LogP contribution in [-0.2, 0) is 19.7 Å². The monoisotopic (exact) mass is 436 g/mol. The summed E-state index contributed by atoms with van der Waals surface area (Å²) in [4.78, 5) is 27.7. The van der Waals surface area contributed by atoms with Crippen molar-refractivity contribution < 1.29 is 18.7 Å². The molecule has 3 aliphatic rings. The number of rotatable bonds is 1. The molecular weight excluding hydrogens is 423 g/mol. The van der Waals surface area contributed by atoms with E-state index in [1.807, 2.05) is 19.1 Å². The molecule has 2 aromatic carbocycles. The van der Waals surface area contributed by atoms with Crippen LogP contribution in [0.4, 0.5) is 15.8 Å². The van der Waals surface area contributed by atoms with Gasteiger partial charge in [0.1, 0.15) is 29.7 Å². The topological polar surface area (TPSA) is 108 Å². The van der Waals surface area contributed by atoms with E-state index in [1.165, 1.54) is 17.0 Å². The van der Waals surface area contributed by atoms with Gasteiger partial charge in [0.25, 0.3) is 0 Å². The number of esters is 1. The molecule has 1 spiro atoms. The third kappa shape index (κ3) is 2.32. The molecule has 154 valence electrons. The highest BCUT2D eigenvalue weighted by molar-refractivity contribution is 6.31. The van der Waals surface area contributed by atoms with Gasteiger partial charge in [0.15, 0.2) is 0 Å². The molecule has 2 aromatic rings. The molecule has 1 amide bonds. The fourth-order valence-electron chi connectivity index (χ4n) is 4.49. The molecule has 3 N–H and O–H groups in total. The van der Waals surface area contributed by atoms with Gasteiger partial charge in [-0.3, -0.25) is 9.69 Å². The lowest BCUT2D eigenvalue weighted by Crippen LogP contribution is -2.48. The number of ether oxygens (including phenoxy) is 1. The van der Waals surface area contributed by atoms with E-state index in [9.17, 15) is 19.2 Å². The summed E-state index contributed by atoms with van der Waals surface area (Å²) in [7, 11) is 0. The minimum absolute atomic E-state index is 0.0144.